The molecule has 3 aromatic rings. The largest absolute Gasteiger partial charge is 0.352 e. The summed E-state index contributed by atoms with van der Waals surface area (Å²) in [6, 6.07) is 24.1. The van der Waals surface area contributed by atoms with Crippen molar-refractivity contribution in [1.82, 2.24) is 14.5 Å². The van der Waals surface area contributed by atoms with E-state index in [1.807, 2.05) is 42.5 Å². The van der Waals surface area contributed by atoms with Gasteiger partial charge in [-0.05, 0) is 55.5 Å². The van der Waals surface area contributed by atoms with E-state index in [1.54, 1.807) is 12.4 Å². The summed E-state index contributed by atoms with van der Waals surface area (Å²) in [7, 11) is 0. The van der Waals surface area contributed by atoms with Crippen LogP contribution in [-0.4, -0.2) is 14.5 Å². The lowest BCUT2D eigenvalue weighted by Crippen LogP contribution is -2.13. The van der Waals surface area contributed by atoms with Crippen molar-refractivity contribution >= 4 is 22.4 Å². The molecule has 5 nitrogen and oxygen atoms in total. The molecule has 5 rings (SSSR count). The van der Waals surface area contributed by atoms with Crippen LogP contribution in [0.3, 0.4) is 0 Å². The summed E-state index contributed by atoms with van der Waals surface area (Å²) in [6.07, 6.45) is 3.47. The maximum atomic E-state index is 8.58. The molecule has 0 fully saturated rings. The van der Waals surface area contributed by atoms with Gasteiger partial charge in [0.05, 0.1) is 45.4 Å². The van der Waals surface area contributed by atoms with E-state index in [0.29, 0.717) is 11.0 Å². The number of aryl methyl sites for hydroxylation is 1. The first-order valence-corrected chi connectivity index (χ1v) is 9.43. The van der Waals surface area contributed by atoms with Crippen molar-refractivity contribution in [3.63, 3.8) is 0 Å². The van der Waals surface area contributed by atoms with Crippen molar-refractivity contribution < 1.29 is 0 Å². The first kappa shape index (κ1) is 17.1. The molecular formula is C24H19N5. The number of pyridine rings is 1. The van der Waals surface area contributed by atoms with Gasteiger partial charge in [0.2, 0.25) is 0 Å². The van der Waals surface area contributed by atoms with Crippen molar-refractivity contribution in [2.75, 3.05) is 5.32 Å². The highest BCUT2D eigenvalue weighted by atomic mass is 15.0. The molecule has 0 amide bonds. The van der Waals surface area contributed by atoms with E-state index in [-0.39, 0.29) is 0 Å². The third-order valence-corrected chi connectivity index (χ3v) is 4.95. The van der Waals surface area contributed by atoms with Crippen LogP contribution in [0.5, 0.6) is 0 Å². The van der Waals surface area contributed by atoms with Gasteiger partial charge in [0.15, 0.2) is 0 Å². The van der Waals surface area contributed by atoms with Crippen LogP contribution in [0.1, 0.15) is 5.56 Å². The SMILES string of the molecule is Cc1ccc(-n2c3cc(=N)c(Nc4cccnc4)cc-3nc3ccccc32)cc1. The summed E-state index contributed by atoms with van der Waals surface area (Å²) in [5.41, 5.74) is 7.44. The summed E-state index contributed by atoms with van der Waals surface area (Å²) >= 11 is 0. The third-order valence-electron chi connectivity index (χ3n) is 4.95. The summed E-state index contributed by atoms with van der Waals surface area (Å²) in [5, 5.41) is 12.3. The number of hydrogen-bond acceptors (Lipinski definition) is 4. The van der Waals surface area contributed by atoms with Gasteiger partial charge in [0, 0.05) is 11.9 Å². The molecule has 0 bridgehead atoms. The normalized spacial score (nSPS) is 11.1. The predicted molar refractivity (Wildman–Crippen MR) is 116 cm³/mol. The maximum absolute atomic E-state index is 8.58. The second-order valence-electron chi connectivity index (χ2n) is 7.02. The summed E-state index contributed by atoms with van der Waals surface area (Å²) in [4.78, 5) is 9.00. The zero-order valence-electron chi connectivity index (χ0n) is 15.9. The van der Waals surface area contributed by atoms with E-state index in [1.165, 1.54) is 5.56 Å². The molecule has 140 valence electrons. The number of nitrogens with zero attached hydrogens (tertiary/aromatic N) is 3. The quantitative estimate of drug-likeness (QED) is 0.432. The fourth-order valence-corrected chi connectivity index (χ4v) is 3.52. The second-order valence-corrected chi connectivity index (χ2v) is 7.02. The van der Waals surface area contributed by atoms with E-state index in [4.69, 9.17) is 10.4 Å². The lowest BCUT2D eigenvalue weighted by molar-refractivity contribution is 1.07. The fourth-order valence-electron chi connectivity index (χ4n) is 3.52. The summed E-state index contributed by atoms with van der Waals surface area (Å²) in [5.74, 6) is 0. The molecule has 2 aliphatic rings. The molecule has 0 unspecified atom stereocenters. The number of benzene rings is 3. The van der Waals surface area contributed by atoms with E-state index < -0.39 is 0 Å². The maximum Gasteiger partial charge on any atom is 0.0900 e. The van der Waals surface area contributed by atoms with Gasteiger partial charge in [0.1, 0.15) is 0 Å². The number of anilines is 2. The molecule has 0 radical (unpaired) electrons. The smallest absolute Gasteiger partial charge is 0.0900 e. The third kappa shape index (κ3) is 3.12. The molecule has 1 aromatic heterocycles. The highest BCUT2D eigenvalue weighted by Crippen LogP contribution is 2.30. The zero-order chi connectivity index (χ0) is 19.8. The Hall–Kier alpha value is -3.99. The highest BCUT2D eigenvalue weighted by Gasteiger charge is 2.16. The van der Waals surface area contributed by atoms with Gasteiger partial charge in [0.25, 0.3) is 0 Å². The van der Waals surface area contributed by atoms with Crippen LogP contribution < -0.4 is 10.7 Å². The molecule has 29 heavy (non-hydrogen) atoms. The Labute approximate surface area is 168 Å². The van der Waals surface area contributed by atoms with Crippen LogP contribution in [0.25, 0.3) is 28.1 Å². The number of nitrogens with one attached hydrogen (secondary N) is 2. The Morgan fingerprint density at radius 1 is 0.931 bits per heavy atom. The van der Waals surface area contributed by atoms with Crippen molar-refractivity contribution in [1.29, 1.82) is 5.41 Å². The molecule has 2 N–H and O–H groups in total. The van der Waals surface area contributed by atoms with Gasteiger partial charge in [-0.25, -0.2) is 4.98 Å². The standard InChI is InChI=1S/C24H19N5/c1-16-8-10-18(11-9-16)29-23-7-3-2-6-20(23)28-22-14-21(19(25)13-24(22)29)27-17-5-4-12-26-15-17/h2-15,25,27H,1H3. The van der Waals surface area contributed by atoms with Gasteiger partial charge in [-0.2, -0.15) is 0 Å². The van der Waals surface area contributed by atoms with Crippen molar-refractivity contribution in [3.05, 3.63) is 96.1 Å². The van der Waals surface area contributed by atoms with E-state index >= 15 is 0 Å². The van der Waals surface area contributed by atoms with Crippen LogP contribution in [-0.2, 0) is 0 Å². The minimum atomic E-state index is 0.402. The minimum absolute atomic E-state index is 0.402. The molecule has 0 saturated heterocycles. The fraction of sp³-hybridized carbons (Fsp3) is 0.0417. The van der Waals surface area contributed by atoms with Gasteiger partial charge < -0.3 is 9.88 Å². The Bertz CT molecular complexity index is 1340. The molecular weight excluding hydrogens is 358 g/mol. The number of para-hydroxylation sites is 2. The molecule has 1 aliphatic carbocycles. The second kappa shape index (κ2) is 6.87. The van der Waals surface area contributed by atoms with Crippen LogP contribution in [0.15, 0.2) is 85.2 Å². The lowest BCUT2D eigenvalue weighted by atomic mass is 10.1. The van der Waals surface area contributed by atoms with E-state index in [9.17, 15) is 0 Å². The average Bonchev–Trinajstić information content (AvgIpc) is 2.74. The first-order chi connectivity index (χ1) is 14.2. The van der Waals surface area contributed by atoms with Crippen LogP contribution in [0.2, 0.25) is 0 Å². The van der Waals surface area contributed by atoms with Crippen molar-refractivity contribution in [3.8, 4) is 17.1 Å². The molecule has 0 atom stereocenters. The minimum Gasteiger partial charge on any atom is -0.352 e. The molecule has 2 heterocycles. The number of fused-ring (bicyclic) bond motifs is 2. The molecule has 0 spiro atoms. The Balaban J connectivity index is 1.77. The van der Waals surface area contributed by atoms with Crippen molar-refractivity contribution in [2.45, 2.75) is 6.92 Å². The average molecular weight is 377 g/mol. The number of aromatic nitrogens is 3. The van der Waals surface area contributed by atoms with Gasteiger partial charge >= 0.3 is 0 Å². The monoisotopic (exact) mass is 377 g/mol. The van der Waals surface area contributed by atoms with Crippen LogP contribution in [0.4, 0.5) is 11.4 Å². The van der Waals surface area contributed by atoms with E-state index in [0.717, 1.165) is 33.8 Å². The zero-order valence-corrected chi connectivity index (χ0v) is 15.9. The van der Waals surface area contributed by atoms with Gasteiger partial charge in [-0.15, -0.1) is 0 Å². The van der Waals surface area contributed by atoms with Gasteiger partial charge in [-0.3, -0.25) is 10.4 Å². The molecule has 0 saturated carbocycles. The molecule has 2 aromatic carbocycles. The number of rotatable bonds is 3. The Morgan fingerprint density at radius 2 is 1.76 bits per heavy atom. The highest BCUT2D eigenvalue weighted by molar-refractivity contribution is 5.84. The van der Waals surface area contributed by atoms with Crippen molar-refractivity contribution in [2.24, 2.45) is 0 Å². The first-order valence-electron chi connectivity index (χ1n) is 9.43. The van der Waals surface area contributed by atoms with Crippen LogP contribution >= 0.6 is 0 Å². The summed E-state index contributed by atoms with van der Waals surface area (Å²) in [6.45, 7) is 2.08. The Morgan fingerprint density at radius 3 is 2.55 bits per heavy atom. The van der Waals surface area contributed by atoms with Gasteiger partial charge in [-0.1, -0.05) is 29.8 Å². The topological polar surface area (TPSA) is 66.6 Å². The number of hydrogen-bond donors (Lipinski definition) is 2. The van der Waals surface area contributed by atoms with E-state index in [2.05, 4.69) is 52.1 Å². The lowest BCUT2D eigenvalue weighted by Gasteiger charge is -2.20. The Kier molecular flexibility index (Phi) is 4.06. The molecule has 1 aliphatic heterocycles. The van der Waals surface area contributed by atoms with Crippen LogP contribution in [0, 0.1) is 12.3 Å². The predicted octanol–water partition coefficient (Wildman–Crippen LogP) is 5.06. The molecule has 5 heteroatoms. The summed E-state index contributed by atoms with van der Waals surface area (Å²) < 4.78 is 2.17.